The number of carbonyl (C=O) groups excluding carboxylic acids is 1. The van der Waals surface area contributed by atoms with Gasteiger partial charge in [-0.2, -0.15) is 0 Å². The monoisotopic (exact) mass is 367 g/mol. The Morgan fingerprint density at radius 1 is 1.42 bits per heavy atom. The summed E-state index contributed by atoms with van der Waals surface area (Å²) in [7, 11) is 0. The number of amides is 1. The SMILES string of the molecule is CCCCNC(=O)CSc1nc2cc(Cl)ccc2c(=O)n1C(C)C. The zero-order valence-corrected chi connectivity index (χ0v) is 15.7. The van der Waals surface area contributed by atoms with Gasteiger partial charge in [0.25, 0.3) is 5.56 Å². The van der Waals surface area contributed by atoms with E-state index < -0.39 is 0 Å². The Hall–Kier alpha value is -1.53. The van der Waals surface area contributed by atoms with Crippen LogP contribution in [0.15, 0.2) is 28.2 Å². The fraction of sp³-hybridized carbons (Fsp3) is 0.471. The van der Waals surface area contributed by atoms with Crippen LogP contribution in [-0.4, -0.2) is 27.8 Å². The minimum absolute atomic E-state index is 0.0456. The summed E-state index contributed by atoms with van der Waals surface area (Å²) in [5, 5.41) is 4.47. The van der Waals surface area contributed by atoms with Gasteiger partial charge >= 0.3 is 0 Å². The number of fused-ring (bicyclic) bond motifs is 1. The largest absolute Gasteiger partial charge is 0.355 e. The van der Waals surface area contributed by atoms with E-state index in [1.807, 2.05) is 13.8 Å². The van der Waals surface area contributed by atoms with Crippen LogP contribution in [0.4, 0.5) is 0 Å². The number of carbonyl (C=O) groups is 1. The molecule has 1 heterocycles. The predicted molar refractivity (Wildman–Crippen MR) is 100 cm³/mol. The summed E-state index contributed by atoms with van der Waals surface area (Å²) in [6.45, 7) is 6.60. The number of thioether (sulfide) groups is 1. The highest BCUT2D eigenvalue weighted by atomic mass is 35.5. The average Bonchev–Trinajstić information content (AvgIpc) is 2.52. The molecule has 0 bridgehead atoms. The first-order valence-corrected chi connectivity index (χ1v) is 9.41. The van der Waals surface area contributed by atoms with Gasteiger partial charge in [0.1, 0.15) is 0 Å². The number of benzene rings is 1. The van der Waals surface area contributed by atoms with Gasteiger partial charge in [0.2, 0.25) is 5.91 Å². The molecule has 0 aliphatic carbocycles. The summed E-state index contributed by atoms with van der Waals surface area (Å²) in [4.78, 5) is 29.2. The third kappa shape index (κ3) is 4.51. The van der Waals surface area contributed by atoms with E-state index >= 15 is 0 Å². The van der Waals surface area contributed by atoms with Crippen LogP contribution in [0.5, 0.6) is 0 Å². The lowest BCUT2D eigenvalue weighted by Gasteiger charge is -2.16. The molecule has 0 spiro atoms. The van der Waals surface area contributed by atoms with Gasteiger partial charge in [0.05, 0.1) is 16.7 Å². The second kappa shape index (κ2) is 8.53. The Bertz CT molecular complexity index is 789. The van der Waals surface area contributed by atoms with Gasteiger partial charge in [0, 0.05) is 17.6 Å². The molecular formula is C17H22ClN3O2S. The van der Waals surface area contributed by atoms with Crippen LogP contribution in [0, 0.1) is 0 Å². The molecular weight excluding hydrogens is 346 g/mol. The molecule has 1 aromatic carbocycles. The van der Waals surface area contributed by atoms with Crippen LogP contribution in [0.3, 0.4) is 0 Å². The Kier molecular flexibility index (Phi) is 6.69. The Labute approximate surface area is 150 Å². The fourth-order valence-corrected chi connectivity index (χ4v) is 3.42. The molecule has 0 radical (unpaired) electrons. The number of hydrogen-bond donors (Lipinski definition) is 1. The molecule has 1 amide bonds. The number of hydrogen-bond acceptors (Lipinski definition) is 4. The van der Waals surface area contributed by atoms with Crippen molar-refractivity contribution in [2.75, 3.05) is 12.3 Å². The maximum Gasteiger partial charge on any atom is 0.262 e. The maximum atomic E-state index is 12.7. The van der Waals surface area contributed by atoms with Crippen molar-refractivity contribution in [3.63, 3.8) is 0 Å². The maximum absolute atomic E-state index is 12.7. The van der Waals surface area contributed by atoms with Gasteiger partial charge in [-0.25, -0.2) is 4.98 Å². The summed E-state index contributed by atoms with van der Waals surface area (Å²) in [5.74, 6) is 0.179. The van der Waals surface area contributed by atoms with Crippen molar-refractivity contribution in [2.24, 2.45) is 0 Å². The van der Waals surface area contributed by atoms with Gasteiger partial charge in [0.15, 0.2) is 5.16 Å². The molecule has 0 saturated carbocycles. The molecule has 1 aromatic heterocycles. The van der Waals surface area contributed by atoms with E-state index in [1.165, 1.54) is 11.8 Å². The van der Waals surface area contributed by atoms with Crippen LogP contribution in [0.2, 0.25) is 5.02 Å². The molecule has 0 aliphatic rings. The van der Waals surface area contributed by atoms with E-state index in [1.54, 1.807) is 22.8 Å². The zero-order chi connectivity index (χ0) is 17.7. The minimum atomic E-state index is -0.111. The second-order valence-electron chi connectivity index (χ2n) is 5.82. The van der Waals surface area contributed by atoms with Crippen molar-refractivity contribution in [1.29, 1.82) is 0 Å². The lowest BCUT2D eigenvalue weighted by Crippen LogP contribution is -2.28. The van der Waals surface area contributed by atoms with Crippen molar-refractivity contribution in [2.45, 2.75) is 44.8 Å². The molecule has 130 valence electrons. The number of halogens is 1. The third-order valence-corrected chi connectivity index (χ3v) is 4.72. The highest BCUT2D eigenvalue weighted by Gasteiger charge is 2.15. The standard InChI is InChI=1S/C17H22ClN3O2S/c1-4-5-8-19-15(22)10-24-17-20-14-9-12(18)6-7-13(14)16(23)21(17)11(2)3/h6-7,9,11H,4-5,8,10H2,1-3H3,(H,19,22). The normalized spacial score (nSPS) is 11.2. The Morgan fingerprint density at radius 3 is 2.83 bits per heavy atom. The van der Waals surface area contributed by atoms with E-state index in [-0.39, 0.29) is 23.3 Å². The van der Waals surface area contributed by atoms with E-state index in [2.05, 4.69) is 17.2 Å². The van der Waals surface area contributed by atoms with Gasteiger partial charge in [-0.15, -0.1) is 0 Å². The van der Waals surface area contributed by atoms with Crippen molar-refractivity contribution in [3.8, 4) is 0 Å². The lowest BCUT2D eigenvalue weighted by molar-refractivity contribution is -0.118. The molecule has 7 heteroatoms. The first-order valence-electron chi connectivity index (χ1n) is 8.05. The lowest BCUT2D eigenvalue weighted by atomic mass is 10.2. The molecule has 2 aromatic rings. The Morgan fingerprint density at radius 2 is 2.17 bits per heavy atom. The molecule has 0 saturated heterocycles. The molecule has 24 heavy (non-hydrogen) atoms. The van der Waals surface area contributed by atoms with Crippen molar-refractivity contribution in [3.05, 3.63) is 33.6 Å². The Balaban J connectivity index is 2.29. The number of nitrogens with one attached hydrogen (secondary N) is 1. The van der Waals surface area contributed by atoms with E-state index in [0.717, 1.165) is 12.8 Å². The number of nitrogens with zero attached hydrogens (tertiary/aromatic N) is 2. The van der Waals surface area contributed by atoms with Crippen molar-refractivity contribution < 1.29 is 4.79 Å². The van der Waals surface area contributed by atoms with E-state index in [4.69, 9.17) is 11.6 Å². The molecule has 1 N–H and O–H groups in total. The van der Waals surface area contributed by atoms with Gasteiger partial charge in [-0.1, -0.05) is 36.7 Å². The van der Waals surface area contributed by atoms with Gasteiger partial charge in [-0.05, 0) is 38.5 Å². The molecule has 0 unspecified atom stereocenters. The summed E-state index contributed by atoms with van der Waals surface area (Å²) < 4.78 is 1.63. The summed E-state index contributed by atoms with van der Waals surface area (Å²) >= 11 is 7.28. The van der Waals surface area contributed by atoms with Crippen LogP contribution >= 0.6 is 23.4 Å². The molecule has 0 aliphatic heterocycles. The zero-order valence-electron chi connectivity index (χ0n) is 14.1. The highest BCUT2D eigenvalue weighted by molar-refractivity contribution is 7.99. The highest BCUT2D eigenvalue weighted by Crippen LogP contribution is 2.22. The summed E-state index contributed by atoms with van der Waals surface area (Å²) in [6, 6.07) is 5.01. The number of unbranched alkanes of at least 4 members (excludes halogenated alkanes) is 1. The molecule has 0 fully saturated rings. The fourth-order valence-electron chi connectivity index (χ4n) is 2.29. The third-order valence-electron chi connectivity index (χ3n) is 3.53. The number of rotatable bonds is 7. The second-order valence-corrected chi connectivity index (χ2v) is 7.20. The van der Waals surface area contributed by atoms with Crippen LogP contribution in [0.1, 0.15) is 39.7 Å². The average molecular weight is 368 g/mol. The molecule has 5 nitrogen and oxygen atoms in total. The first-order chi connectivity index (χ1) is 11.4. The van der Waals surface area contributed by atoms with Crippen molar-refractivity contribution in [1.82, 2.24) is 14.9 Å². The van der Waals surface area contributed by atoms with Crippen LogP contribution in [-0.2, 0) is 4.79 Å². The van der Waals surface area contributed by atoms with Crippen LogP contribution < -0.4 is 10.9 Å². The summed E-state index contributed by atoms with van der Waals surface area (Å²) in [6.07, 6.45) is 1.99. The predicted octanol–water partition coefficient (Wildman–Crippen LogP) is 3.64. The molecule has 0 atom stereocenters. The first kappa shape index (κ1) is 18.8. The van der Waals surface area contributed by atoms with E-state index in [9.17, 15) is 9.59 Å². The van der Waals surface area contributed by atoms with Gasteiger partial charge < -0.3 is 5.32 Å². The van der Waals surface area contributed by atoms with Crippen molar-refractivity contribution >= 4 is 40.2 Å². The van der Waals surface area contributed by atoms with E-state index in [0.29, 0.717) is 27.6 Å². The quantitative estimate of drug-likeness (QED) is 0.461. The topological polar surface area (TPSA) is 64.0 Å². The van der Waals surface area contributed by atoms with Gasteiger partial charge in [-0.3, -0.25) is 14.2 Å². The summed E-state index contributed by atoms with van der Waals surface area (Å²) in [5.41, 5.74) is 0.443. The molecule has 2 rings (SSSR count). The van der Waals surface area contributed by atoms with Crippen LogP contribution in [0.25, 0.3) is 10.9 Å². The number of aromatic nitrogens is 2. The minimum Gasteiger partial charge on any atom is -0.355 e. The smallest absolute Gasteiger partial charge is 0.262 e.